The number of likely N-dealkylation sites (N-methyl/N-ethyl adjacent to an activating group) is 1. The van der Waals surface area contributed by atoms with Gasteiger partial charge in [0.2, 0.25) is 0 Å². The van der Waals surface area contributed by atoms with Crippen molar-refractivity contribution in [3.05, 3.63) is 0 Å². The molecule has 2 aliphatic heterocycles. The summed E-state index contributed by atoms with van der Waals surface area (Å²) in [4.78, 5) is 5.28. The molecule has 0 aliphatic carbocycles. The molecule has 0 amide bonds. The van der Waals surface area contributed by atoms with Crippen LogP contribution in [0.5, 0.6) is 0 Å². The van der Waals surface area contributed by atoms with E-state index < -0.39 is 0 Å². The van der Waals surface area contributed by atoms with Crippen molar-refractivity contribution < 1.29 is 0 Å². The molecule has 2 saturated heterocycles. The SMILES string of the molecule is CCN1CCN(CC2CCNCC2)CC1C. The molecule has 94 valence electrons. The summed E-state index contributed by atoms with van der Waals surface area (Å²) in [7, 11) is 0. The van der Waals surface area contributed by atoms with Crippen LogP contribution < -0.4 is 5.32 Å². The van der Waals surface area contributed by atoms with E-state index in [1.165, 1.54) is 58.7 Å². The van der Waals surface area contributed by atoms with Gasteiger partial charge in [0.05, 0.1) is 0 Å². The summed E-state index contributed by atoms with van der Waals surface area (Å²) in [5.41, 5.74) is 0. The van der Waals surface area contributed by atoms with Crippen molar-refractivity contribution in [3.63, 3.8) is 0 Å². The topological polar surface area (TPSA) is 18.5 Å². The maximum absolute atomic E-state index is 3.45. The van der Waals surface area contributed by atoms with Crippen LogP contribution in [0.4, 0.5) is 0 Å². The maximum atomic E-state index is 3.45. The molecular formula is C13H27N3. The number of hydrogen-bond donors (Lipinski definition) is 1. The van der Waals surface area contributed by atoms with Crippen molar-refractivity contribution in [2.75, 3.05) is 45.8 Å². The standard InChI is InChI=1S/C13H27N3/c1-3-16-9-8-15(10-12(16)2)11-13-4-6-14-7-5-13/h12-14H,3-11H2,1-2H3. The van der Waals surface area contributed by atoms with Crippen molar-refractivity contribution in [3.8, 4) is 0 Å². The highest BCUT2D eigenvalue weighted by atomic mass is 15.3. The largest absolute Gasteiger partial charge is 0.317 e. The predicted octanol–water partition coefficient (Wildman–Crippen LogP) is 1.01. The van der Waals surface area contributed by atoms with E-state index in [-0.39, 0.29) is 0 Å². The Hall–Kier alpha value is -0.120. The van der Waals surface area contributed by atoms with Gasteiger partial charge in [-0.05, 0) is 45.3 Å². The molecule has 2 aliphatic rings. The second-order valence-electron chi connectivity index (χ2n) is 5.43. The van der Waals surface area contributed by atoms with Crippen LogP contribution in [0.25, 0.3) is 0 Å². The smallest absolute Gasteiger partial charge is 0.0195 e. The van der Waals surface area contributed by atoms with Crippen LogP contribution >= 0.6 is 0 Å². The molecule has 16 heavy (non-hydrogen) atoms. The fraction of sp³-hybridized carbons (Fsp3) is 1.00. The van der Waals surface area contributed by atoms with Crippen LogP contribution in [0.1, 0.15) is 26.7 Å². The first kappa shape index (κ1) is 12.3. The molecule has 3 nitrogen and oxygen atoms in total. The van der Waals surface area contributed by atoms with E-state index in [4.69, 9.17) is 0 Å². The molecule has 1 N–H and O–H groups in total. The summed E-state index contributed by atoms with van der Waals surface area (Å²) in [6.07, 6.45) is 2.75. The second-order valence-corrected chi connectivity index (χ2v) is 5.43. The van der Waals surface area contributed by atoms with E-state index >= 15 is 0 Å². The monoisotopic (exact) mass is 225 g/mol. The predicted molar refractivity (Wildman–Crippen MR) is 68.7 cm³/mol. The molecule has 0 aromatic rings. The zero-order valence-electron chi connectivity index (χ0n) is 10.9. The van der Waals surface area contributed by atoms with Gasteiger partial charge in [0.1, 0.15) is 0 Å². The highest BCUT2D eigenvalue weighted by Gasteiger charge is 2.24. The number of nitrogens with zero attached hydrogens (tertiary/aromatic N) is 2. The summed E-state index contributed by atoms with van der Waals surface area (Å²) in [6, 6.07) is 0.750. The van der Waals surface area contributed by atoms with Crippen LogP contribution in [0.15, 0.2) is 0 Å². The van der Waals surface area contributed by atoms with Gasteiger partial charge in [-0.3, -0.25) is 4.90 Å². The third-order valence-corrected chi connectivity index (χ3v) is 4.23. The third-order valence-electron chi connectivity index (χ3n) is 4.23. The quantitative estimate of drug-likeness (QED) is 0.773. The van der Waals surface area contributed by atoms with Crippen LogP contribution in [-0.2, 0) is 0 Å². The van der Waals surface area contributed by atoms with Crippen molar-refractivity contribution in [2.24, 2.45) is 5.92 Å². The molecule has 0 saturated carbocycles. The molecule has 0 aromatic carbocycles. The first-order valence-corrected chi connectivity index (χ1v) is 6.96. The zero-order valence-corrected chi connectivity index (χ0v) is 10.9. The van der Waals surface area contributed by atoms with Gasteiger partial charge in [-0.2, -0.15) is 0 Å². The van der Waals surface area contributed by atoms with Crippen LogP contribution in [0.3, 0.4) is 0 Å². The van der Waals surface area contributed by atoms with E-state index in [0.29, 0.717) is 0 Å². The minimum atomic E-state index is 0.750. The van der Waals surface area contributed by atoms with E-state index in [1.54, 1.807) is 0 Å². The number of piperazine rings is 1. The van der Waals surface area contributed by atoms with Gasteiger partial charge in [0.15, 0.2) is 0 Å². The molecule has 0 bridgehead atoms. The Balaban J connectivity index is 1.74. The van der Waals surface area contributed by atoms with Gasteiger partial charge in [-0.15, -0.1) is 0 Å². The number of nitrogens with one attached hydrogen (secondary N) is 1. The van der Waals surface area contributed by atoms with Crippen LogP contribution in [0.2, 0.25) is 0 Å². The minimum absolute atomic E-state index is 0.750. The molecule has 0 aromatic heterocycles. The third kappa shape index (κ3) is 3.19. The second kappa shape index (κ2) is 5.99. The van der Waals surface area contributed by atoms with Crippen LogP contribution in [-0.4, -0.2) is 61.7 Å². The van der Waals surface area contributed by atoms with Crippen molar-refractivity contribution >= 4 is 0 Å². The van der Waals surface area contributed by atoms with E-state index in [9.17, 15) is 0 Å². The molecule has 0 radical (unpaired) electrons. The van der Waals surface area contributed by atoms with Crippen molar-refractivity contribution in [2.45, 2.75) is 32.7 Å². The maximum Gasteiger partial charge on any atom is 0.0195 e. The molecule has 2 rings (SSSR count). The molecule has 2 fully saturated rings. The fourth-order valence-electron chi connectivity index (χ4n) is 3.14. The van der Waals surface area contributed by atoms with Gasteiger partial charge in [0, 0.05) is 32.2 Å². The van der Waals surface area contributed by atoms with Crippen molar-refractivity contribution in [1.82, 2.24) is 15.1 Å². The Kier molecular flexibility index (Phi) is 4.62. The Labute approximate surface area is 100 Å². The zero-order chi connectivity index (χ0) is 11.4. The Bertz CT molecular complexity index is 201. The molecule has 2 heterocycles. The lowest BCUT2D eigenvalue weighted by molar-refractivity contribution is 0.0730. The van der Waals surface area contributed by atoms with E-state index in [2.05, 4.69) is 29.0 Å². The summed E-state index contributed by atoms with van der Waals surface area (Å²) < 4.78 is 0. The summed E-state index contributed by atoms with van der Waals surface area (Å²) in [5, 5.41) is 3.45. The number of rotatable bonds is 3. The lowest BCUT2D eigenvalue weighted by atomic mass is 9.97. The number of piperidine rings is 1. The molecular weight excluding hydrogens is 198 g/mol. The molecule has 1 unspecified atom stereocenters. The number of hydrogen-bond acceptors (Lipinski definition) is 3. The first-order chi connectivity index (χ1) is 7.79. The van der Waals surface area contributed by atoms with Crippen molar-refractivity contribution in [1.29, 1.82) is 0 Å². The fourth-order valence-corrected chi connectivity index (χ4v) is 3.14. The van der Waals surface area contributed by atoms with Crippen LogP contribution in [0, 0.1) is 5.92 Å². The highest BCUT2D eigenvalue weighted by molar-refractivity contribution is 4.81. The Morgan fingerprint density at radius 1 is 1.19 bits per heavy atom. The molecule has 1 atom stereocenters. The average molecular weight is 225 g/mol. The van der Waals surface area contributed by atoms with E-state index in [0.717, 1.165) is 12.0 Å². The summed E-state index contributed by atoms with van der Waals surface area (Å²) in [6.45, 7) is 13.5. The van der Waals surface area contributed by atoms with Gasteiger partial charge in [-0.1, -0.05) is 6.92 Å². The van der Waals surface area contributed by atoms with Gasteiger partial charge < -0.3 is 10.2 Å². The van der Waals surface area contributed by atoms with Gasteiger partial charge in [-0.25, -0.2) is 0 Å². The lowest BCUT2D eigenvalue weighted by Gasteiger charge is -2.41. The average Bonchev–Trinajstić information content (AvgIpc) is 2.31. The molecule has 3 heteroatoms. The van der Waals surface area contributed by atoms with E-state index in [1.807, 2.05) is 0 Å². The first-order valence-electron chi connectivity index (χ1n) is 6.96. The Morgan fingerprint density at radius 3 is 2.56 bits per heavy atom. The minimum Gasteiger partial charge on any atom is -0.317 e. The molecule has 0 spiro atoms. The Morgan fingerprint density at radius 2 is 1.94 bits per heavy atom. The van der Waals surface area contributed by atoms with Gasteiger partial charge in [0.25, 0.3) is 0 Å². The van der Waals surface area contributed by atoms with Gasteiger partial charge >= 0.3 is 0 Å². The summed E-state index contributed by atoms with van der Waals surface area (Å²) in [5.74, 6) is 0.946. The lowest BCUT2D eigenvalue weighted by Crippen LogP contribution is -2.53. The highest BCUT2D eigenvalue weighted by Crippen LogP contribution is 2.16. The summed E-state index contributed by atoms with van der Waals surface area (Å²) >= 11 is 0. The normalized spacial score (nSPS) is 30.8.